The van der Waals surface area contributed by atoms with Crippen molar-refractivity contribution in [3.63, 3.8) is 0 Å². The fourth-order valence-corrected chi connectivity index (χ4v) is 19.3. The van der Waals surface area contributed by atoms with E-state index in [1.807, 2.05) is 0 Å². The van der Waals surface area contributed by atoms with Gasteiger partial charge in [0.05, 0.1) is 0 Å². The van der Waals surface area contributed by atoms with Crippen LogP contribution in [0.1, 0.15) is 16.4 Å². The minimum absolute atomic E-state index is 0.541. The summed E-state index contributed by atoms with van der Waals surface area (Å²) in [6.45, 7) is 2.40. The van der Waals surface area contributed by atoms with Gasteiger partial charge in [-0.1, -0.05) is 0 Å². The van der Waals surface area contributed by atoms with E-state index in [4.69, 9.17) is 0 Å². The van der Waals surface area contributed by atoms with E-state index in [9.17, 15) is 0 Å². The molecule has 0 spiro atoms. The maximum atomic E-state index is 2.51. The van der Waals surface area contributed by atoms with Gasteiger partial charge in [0, 0.05) is 0 Å². The molecule has 0 aliphatic heterocycles. The third-order valence-corrected chi connectivity index (χ3v) is 20.4. The first-order valence-electron chi connectivity index (χ1n) is 7.82. The summed E-state index contributed by atoms with van der Waals surface area (Å²) >= 11 is -2.87. The standard InChI is InChI=1S/C12H11.3C2H6N.Sn/c1-2-10-7-8-11-5-3-4-6-12(11)9-10;3*1-3-2;/h2-9H,1H3;3*1-2H3;/q;3*-1;+3. The Balaban J connectivity index is 2.55. The molecule has 2 rings (SSSR count). The van der Waals surface area contributed by atoms with Gasteiger partial charge in [-0.15, -0.1) is 0 Å². The molecule has 0 radical (unpaired) electrons. The molecule has 2 aromatic rings. The summed E-state index contributed by atoms with van der Waals surface area (Å²) < 4.78 is 8.07. The Kier molecular flexibility index (Phi) is 5.54. The molecule has 2 aromatic carbocycles. The van der Waals surface area contributed by atoms with Gasteiger partial charge in [0.1, 0.15) is 0 Å². The zero-order valence-electron chi connectivity index (χ0n) is 15.0. The van der Waals surface area contributed by atoms with Crippen molar-refractivity contribution in [2.45, 2.75) is 10.9 Å². The van der Waals surface area contributed by atoms with Crippen LogP contribution >= 0.6 is 0 Å². The first kappa shape index (κ1) is 17.7. The zero-order valence-corrected chi connectivity index (χ0v) is 17.8. The van der Waals surface area contributed by atoms with Crippen molar-refractivity contribution in [1.82, 2.24) is 9.36 Å². The van der Waals surface area contributed by atoms with Gasteiger partial charge in [-0.05, 0) is 0 Å². The number of nitrogens with zero attached hydrogens (tertiary/aromatic N) is 3. The molecule has 3 nitrogen and oxygen atoms in total. The molecule has 22 heavy (non-hydrogen) atoms. The molecular formula is C18H29N3Sn. The summed E-state index contributed by atoms with van der Waals surface area (Å²) in [6, 6.07) is 15.6. The zero-order chi connectivity index (χ0) is 16.5. The number of hydrogen-bond acceptors (Lipinski definition) is 3. The Hall–Kier alpha value is -0.621. The predicted molar refractivity (Wildman–Crippen MR) is 99.2 cm³/mol. The van der Waals surface area contributed by atoms with Crippen LogP contribution < -0.4 is 0 Å². The van der Waals surface area contributed by atoms with Crippen LogP contribution in [0.4, 0.5) is 0 Å². The second-order valence-electron chi connectivity index (χ2n) is 6.70. The number of hydrogen-bond donors (Lipinski definition) is 0. The summed E-state index contributed by atoms with van der Waals surface area (Å²) in [6.07, 6.45) is 0. The Bertz CT molecular complexity index is 615. The number of rotatable bonds is 5. The first-order chi connectivity index (χ1) is 10.3. The average molecular weight is 406 g/mol. The van der Waals surface area contributed by atoms with E-state index in [1.54, 1.807) is 0 Å². The second kappa shape index (κ2) is 6.87. The van der Waals surface area contributed by atoms with Gasteiger partial charge in [0.15, 0.2) is 0 Å². The van der Waals surface area contributed by atoms with Crippen LogP contribution in [0.3, 0.4) is 0 Å². The van der Waals surface area contributed by atoms with E-state index in [0.717, 1.165) is 0 Å². The fourth-order valence-electron chi connectivity index (χ4n) is 4.06. The minimum atomic E-state index is -2.87. The van der Waals surface area contributed by atoms with Gasteiger partial charge < -0.3 is 0 Å². The van der Waals surface area contributed by atoms with E-state index in [-0.39, 0.29) is 0 Å². The van der Waals surface area contributed by atoms with Crippen molar-refractivity contribution in [2.75, 3.05) is 42.3 Å². The van der Waals surface area contributed by atoms with Gasteiger partial charge in [-0.25, -0.2) is 0 Å². The van der Waals surface area contributed by atoms with Crippen LogP contribution in [0, 0.1) is 0 Å². The topological polar surface area (TPSA) is 9.72 Å². The number of fused-ring (bicyclic) bond motifs is 1. The van der Waals surface area contributed by atoms with E-state index < -0.39 is 19.2 Å². The Morgan fingerprint density at radius 1 is 0.727 bits per heavy atom. The average Bonchev–Trinajstić information content (AvgIpc) is 2.46. The normalized spacial score (nSPS) is 14.3. The van der Waals surface area contributed by atoms with Crippen LogP contribution in [0.25, 0.3) is 10.8 Å². The van der Waals surface area contributed by atoms with Crippen LogP contribution in [-0.2, 0) is 0 Å². The Labute approximate surface area is 140 Å². The molecule has 120 valence electrons. The van der Waals surface area contributed by atoms with Gasteiger partial charge >= 0.3 is 141 Å². The molecule has 4 heteroatoms. The van der Waals surface area contributed by atoms with Gasteiger partial charge in [0.25, 0.3) is 0 Å². The molecule has 0 N–H and O–H groups in total. The predicted octanol–water partition coefficient (Wildman–Crippen LogP) is 3.11. The van der Waals surface area contributed by atoms with Crippen molar-refractivity contribution < 1.29 is 0 Å². The summed E-state index contributed by atoms with van der Waals surface area (Å²) in [4.78, 5) is 0. The van der Waals surface area contributed by atoms with Gasteiger partial charge in [-0.2, -0.15) is 0 Å². The van der Waals surface area contributed by atoms with Crippen molar-refractivity contribution in [1.29, 1.82) is 0 Å². The molecule has 0 fully saturated rings. The SMILES string of the molecule is C[CH](c1ccc2ccccc2c1)[Sn]([N](C)C)([N](C)C)[N](C)C. The van der Waals surface area contributed by atoms with E-state index in [2.05, 4.69) is 101 Å². The quantitative estimate of drug-likeness (QED) is 0.707. The summed E-state index contributed by atoms with van der Waals surface area (Å²) in [5.41, 5.74) is 1.45. The molecule has 1 unspecified atom stereocenters. The van der Waals surface area contributed by atoms with Crippen LogP contribution in [0.5, 0.6) is 0 Å². The van der Waals surface area contributed by atoms with Crippen molar-refractivity contribution in [3.05, 3.63) is 48.0 Å². The Morgan fingerprint density at radius 3 is 1.73 bits per heavy atom. The van der Waals surface area contributed by atoms with Crippen LogP contribution in [-0.4, -0.2) is 70.8 Å². The summed E-state index contributed by atoms with van der Waals surface area (Å²) in [5.74, 6) is 0. The molecule has 0 saturated carbocycles. The number of benzene rings is 2. The Morgan fingerprint density at radius 2 is 1.23 bits per heavy atom. The maximum absolute atomic E-state index is 2.87. The molecule has 0 aliphatic carbocycles. The molecule has 0 heterocycles. The fraction of sp³-hybridized carbons (Fsp3) is 0.444. The van der Waals surface area contributed by atoms with Crippen molar-refractivity contribution in [2.24, 2.45) is 0 Å². The molecule has 0 aliphatic rings. The molecule has 0 bridgehead atoms. The third kappa shape index (κ3) is 2.92. The van der Waals surface area contributed by atoms with Crippen molar-refractivity contribution in [3.8, 4) is 0 Å². The summed E-state index contributed by atoms with van der Waals surface area (Å²) in [5, 5.41) is 2.65. The van der Waals surface area contributed by atoms with E-state index in [1.165, 1.54) is 16.3 Å². The molecule has 0 amide bonds. The van der Waals surface area contributed by atoms with E-state index in [0.29, 0.717) is 3.93 Å². The first-order valence-corrected chi connectivity index (χ1v) is 13.3. The van der Waals surface area contributed by atoms with Crippen LogP contribution in [0.2, 0.25) is 0 Å². The van der Waals surface area contributed by atoms with Gasteiger partial charge in [-0.3, -0.25) is 0 Å². The monoisotopic (exact) mass is 407 g/mol. The third-order valence-electron chi connectivity index (χ3n) is 4.83. The molecule has 0 saturated heterocycles. The molecule has 1 atom stereocenters. The molecular weight excluding hydrogens is 377 g/mol. The van der Waals surface area contributed by atoms with Gasteiger partial charge in [0.2, 0.25) is 0 Å². The van der Waals surface area contributed by atoms with E-state index >= 15 is 0 Å². The van der Waals surface area contributed by atoms with Crippen molar-refractivity contribution >= 4 is 30.0 Å². The second-order valence-corrected chi connectivity index (χ2v) is 20.8. The molecule has 0 aromatic heterocycles. The summed E-state index contributed by atoms with van der Waals surface area (Å²) in [7, 11) is 13.5. The van der Waals surface area contributed by atoms with Crippen LogP contribution in [0.15, 0.2) is 42.5 Å².